The van der Waals surface area contributed by atoms with Gasteiger partial charge in [-0.25, -0.2) is 4.98 Å². The summed E-state index contributed by atoms with van der Waals surface area (Å²) in [6.45, 7) is 3.87. The highest BCUT2D eigenvalue weighted by atomic mass is 15.2. The summed E-state index contributed by atoms with van der Waals surface area (Å²) in [5, 5.41) is 11.5. The molecule has 1 aliphatic heterocycles. The minimum absolute atomic E-state index is 0.538. The molecule has 0 fully saturated rings. The van der Waals surface area contributed by atoms with Crippen molar-refractivity contribution in [1.29, 1.82) is 5.41 Å². The Morgan fingerprint density at radius 3 is 2.83 bits per heavy atom. The van der Waals surface area contributed by atoms with Crippen LogP contribution in [0.4, 0.5) is 5.95 Å². The Bertz CT molecular complexity index is 625. The molecule has 3 rings (SSSR count). The number of anilines is 1. The molecule has 0 bridgehead atoms. The molecule has 0 aliphatic carbocycles. The number of aryl methyl sites for hydroxylation is 1. The molecule has 0 unspecified atom stereocenters. The molecule has 0 radical (unpaired) electrons. The van der Waals surface area contributed by atoms with Gasteiger partial charge in [0.05, 0.1) is 0 Å². The average molecular weight is 240 g/mol. The molecule has 2 heterocycles. The third kappa shape index (κ3) is 1.79. The van der Waals surface area contributed by atoms with Gasteiger partial charge in [0.15, 0.2) is 0 Å². The van der Waals surface area contributed by atoms with Crippen molar-refractivity contribution in [3.63, 3.8) is 0 Å². The fraction of sp³-hybridized carbons (Fsp3) is 0.286. The first kappa shape index (κ1) is 11.0. The minimum Gasteiger partial charge on any atom is -0.356 e. The van der Waals surface area contributed by atoms with E-state index in [-0.39, 0.29) is 0 Å². The van der Waals surface area contributed by atoms with E-state index in [1.165, 1.54) is 5.56 Å². The highest BCUT2D eigenvalue weighted by molar-refractivity contribution is 5.62. The largest absolute Gasteiger partial charge is 0.356 e. The normalized spacial score (nSPS) is 13.8. The topological polar surface area (TPSA) is 53.7 Å². The zero-order valence-electron chi connectivity index (χ0n) is 10.4. The fourth-order valence-corrected chi connectivity index (χ4v) is 2.25. The van der Waals surface area contributed by atoms with Crippen molar-refractivity contribution in [3.05, 3.63) is 41.5 Å². The van der Waals surface area contributed by atoms with Crippen molar-refractivity contribution < 1.29 is 0 Å². The molecular weight excluding hydrogens is 224 g/mol. The van der Waals surface area contributed by atoms with Gasteiger partial charge in [-0.2, -0.15) is 0 Å². The molecule has 0 saturated heterocycles. The van der Waals surface area contributed by atoms with Gasteiger partial charge in [-0.3, -0.25) is 9.98 Å². The first-order valence-corrected chi connectivity index (χ1v) is 6.21. The minimum atomic E-state index is 0.538. The Morgan fingerprint density at radius 1 is 1.28 bits per heavy atom. The van der Waals surface area contributed by atoms with Gasteiger partial charge in [-0.15, -0.1) is 0 Å². The third-order valence-electron chi connectivity index (χ3n) is 3.30. The Balaban J connectivity index is 2.13. The van der Waals surface area contributed by atoms with Crippen molar-refractivity contribution in [2.24, 2.45) is 0 Å². The van der Waals surface area contributed by atoms with Gasteiger partial charge in [-0.05, 0) is 18.9 Å². The lowest BCUT2D eigenvalue weighted by atomic mass is 10.1. The summed E-state index contributed by atoms with van der Waals surface area (Å²) >= 11 is 0. The SMILES string of the molecule is Cc1ccc(-c2cnc3n(c2=N)CCCN3)cc1. The number of hydrogen-bond acceptors (Lipinski definition) is 3. The summed E-state index contributed by atoms with van der Waals surface area (Å²) in [6.07, 6.45) is 2.83. The van der Waals surface area contributed by atoms with E-state index in [1.807, 2.05) is 16.7 Å². The molecule has 0 saturated carbocycles. The van der Waals surface area contributed by atoms with Gasteiger partial charge >= 0.3 is 0 Å². The third-order valence-corrected chi connectivity index (χ3v) is 3.30. The Labute approximate surface area is 106 Å². The number of nitrogens with one attached hydrogen (secondary N) is 2. The molecule has 1 aliphatic rings. The lowest BCUT2D eigenvalue weighted by molar-refractivity contribution is 0.585. The highest BCUT2D eigenvalue weighted by Gasteiger charge is 2.12. The van der Waals surface area contributed by atoms with Crippen LogP contribution in [0.2, 0.25) is 0 Å². The van der Waals surface area contributed by atoms with Gasteiger partial charge in [0, 0.05) is 24.8 Å². The molecule has 4 heteroatoms. The zero-order chi connectivity index (χ0) is 12.5. The smallest absolute Gasteiger partial charge is 0.204 e. The summed E-state index contributed by atoms with van der Waals surface area (Å²) in [6, 6.07) is 8.23. The molecule has 0 atom stereocenters. The van der Waals surface area contributed by atoms with E-state index in [1.54, 1.807) is 6.20 Å². The van der Waals surface area contributed by atoms with Crippen molar-refractivity contribution in [2.45, 2.75) is 19.9 Å². The molecule has 2 aromatic rings. The lowest BCUT2D eigenvalue weighted by Crippen LogP contribution is -2.30. The second kappa shape index (κ2) is 4.29. The highest BCUT2D eigenvalue weighted by Crippen LogP contribution is 2.17. The van der Waals surface area contributed by atoms with Crippen LogP contribution in [0.3, 0.4) is 0 Å². The number of rotatable bonds is 1. The maximum atomic E-state index is 8.30. The number of fused-ring (bicyclic) bond motifs is 1. The van der Waals surface area contributed by atoms with E-state index in [0.29, 0.717) is 5.49 Å². The average Bonchev–Trinajstić information content (AvgIpc) is 2.41. The van der Waals surface area contributed by atoms with Crippen molar-refractivity contribution in [3.8, 4) is 11.1 Å². The quantitative estimate of drug-likeness (QED) is 0.802. The summed E-state index contributed by atoms with van der Waals surface area (Å²) in [5.41, 5.74) is 3.71. The van der Waals surface area contributed by atoms with E-state index in [2.05, 4.69) is 29.4 Å². The second-order valence-corrected chi connectivity index (χ2v) is 4.64. The van der Waals surface area contributed by atoms with Crippen LogP contribution in [0.5, 0.6) is 0 Å². The maximum absolute atomic E-state index is 8.30. The summed E-state index contributed by atoms with van der Waals surface area (Å²) in [5.74, 6) is 0.808. The van der Waals surface area contributed by atoms with Crippen molar-refractivity contribution in [2.75, 3.05) is 11.9 Å². The van der Waals surface area contributed by atoms with Gasteiger partial charge in [-0.1, -0.05) is 29.8 Å². The summed E-state index contributed by atoms with van der Waals surface area (Å²) in [4.78, 5) is 4.41. The van der Waals surface area contributed by atoms with Crippen LogP contribution in [-0.4, -0.2) is 16.1 Å². The molecule has 1 aromatic heterocycles. The number of hydrogen-bond donors (Lipinski definition) is 2. The first-order chi connectivity index (χ1) is 8.75. The van der Waals surface area contributed by atoms with Gasteiger partial charge in [0.2, 0.25) is 5.95 Å². The molecular formula is C14H16N4. The van der Waals surface area contributed by atoms with Gasteiger partial charge in [0.1, 0.15) is 5.49 Å². The Kier molecular flexibility index (Phi) is 2.63. The van der Waals surface area contributed by atoms with Crippen molar-refractivity contribution in [1.82, 2.24) is 9.55 Å². The second-order valence-electron chi connectivity index (χ2n) is 4.64. The molecule has 1 aromatic carbocycles. The van der Waals surface area contributed by atoms with Crippen LogP contribution >= 0.6 is 0 Å². The van der Waals surface area contributed by atoms with Gasteiger partial charge in [0.25, 0.3) is 0 Å². The first-order valence-electron chi connectivity index (χ1n) is 6.21. The van der Waals surface area contributed by atoms with Crippen LogP contribution in [0.25, 0.3) is 11.1 Å². The molecule has 0 spiro atoms. The molecule has 92 valence electrons. The van der Waals surface area contributed by atoms with Gasteiger partial charge < -0.3 is 5.32 Å². The van der Waals surface area contributed by atoms with E-state index in [0.717, 1.165) is 36.6 Å². The predicted molar refractivity (Wildman–Crippen MR) is 71.4 cm³/mol. The molecule has 18 heavy (non-hydrogen) atoms. The number of nitrogens with zero attached hydrogens (tertiary/aromatic N) is 2. The number of aromatic nitrogens is 2. The Hall–Kier alpha value is -2.10. The lowest BCUT2D eigenvalue weighted by Gasteiger charge is -2.20. The van der Waals surface area contributed by atoms with Crippen molar-refractivity contribution >= 4 is 5.95 Å². The van der Waals surface area contributed by atoms with Crippen LogP contribution in [-0.2, 0) is 6.54 Å². The zero-order valence-corrected chi connectivity index (χ0v) is 10.4. The van der Waals surface area contributed by atoms with E-state index >= 15 is 0 Å². The summed E-state index contributed by atoms with van der Waals surface area (Å²) in [7, 11) is 0. The molecule has 4 nitrogen and oxygen atoms in total. The monoisotopic (exact) mass is 240 g/mol. The standard InChI is InChI=1S/C14H16N4/c1-10-3-5-11(6-4-10)12-9-17-14-16-7-2-8-18(14)13(12)15/h3-6,9,15H,2,7-8H2,1H3,(H,16,17). The van der Waals surface area contributed by atoms with E-state index in [4.69, 9.17) is 5.41 Å². The Morgan fingerprint density at radius 2 is 2.06 bits per heavy atom. The molecule has 2 N–H and O–H groups in total. The number of benzene rings is 1. The van der Waals surface area contributed by atoms with Crippen LogP contribution in [0, 0.1) is 12.3 Å². The summed E-state index contributed by atoms with van der Waals surface area (Å²) < 4.78 is 1.94. The fourth-order valence-electron chi connectivity index (χ4n) is 2.25. The molecule has 0 amide bonds. The van der Waals surface area contributed by atoms with E-state index < -0.39 is 0 Å². The predicted octanol–water partition coefficient (Wildman–Crippen LogP) is 2.15. The van der Waals surface area contributed by atoms with Crippen LogP contribution < -0.4 is 10.8 Å². The maximum Gasteiger partial charge on any atom is 0.204 e. The van der Waals surface area contributed by atoms with Crippen LogP contribution in [0.1, 0.15) is 12.0 Å². The van der Waals surface area contributed by atoms with Crippen LogP contribution in [0.15, 0.2) is 30.5 Å². The van der Waals surface area contributed by atoms with E-state index in [9.17, 15) is 0 Å².